The average Bonchev–Trinajstić information content (AvgIpc) is 2.73. The molecule has 2 heterocycles. The van der Waals surface area contributed by atoms with Gasteiger partial charge in [-0.1, -0.05) is 11.6 Å². The molecule has 3 aromatic rings. The van der Waals surface area contributed by atoms with Crippen molar-refractivity contribution in [1.82, 2.24) is 19.9 Å². The van der Waals surface area contributed by atoms with Crippen LogP contribution in [0.1, 0.15) is 23.2 Å². The van der Waals surface area contributed by atoms with E-state index in [0.717, 1.165) is 11.1 Å². The molecule has 0 spiro atoms. The van der Waals surface area contributed by atoms with E-state index in [1.165, 1.54) is 0 Å². The molecule has 0 atom stereocenters. The van der Waals surface area contributed by atoms with Crippen LogP contribution in [0.4, 0.5) is 0 Å². The van der Waals surface area contributed by atoms with Crippen molar-refractivity contribution in [2.45, 2.75) is 26.3 Å². The van der Waals surface area contributed by atoms with Gasteiger partial charge in [-0.2, -0.15) is 0 Å². The number of aryl methyl sites for hydroxylation is 1. The third kappa shape index (κ3) is 5.04. The van der Waals surface area contributed by atoms with Gasteiger partial charge < -0.3 is 14.6 Å². The van der Waals surface area contributed by atoms with E-state index in [-0.39, 0.29) is 17.9 Å². The second kappa shape index (κ2) is 9.54. The summed E-state index contributed by atoms with van der Waals surface area (Å²) in [6.07, 6.45) is 3.78. The predicted octanol–water partition coefficient (Wildman–Crippen LogP) is 3.39. The van der Waals surface area contributed by atoms with Crippen molar-refractivity contribution in [3.05, 3.63) is 74.9 Å². The second-order valence-corrected chi connectivity index (χ2v) is 7.36. The van der Waals surface area contributed by atoms with Gasteiger partial charge in [0.05, 0.1) is 7.11 Å². The lowest BCUT2D eigenvalue weighted by atomic mass is 10.1. The summed E-state index contributed by atoms with van der Waals surface area (Å²) in [6, 6.07) is 8.85. The molecular formula is C22H23ClN4O3. The number of pyridine rings is 1. The molecule has 1 aromatic carbocycles. The van der Waals surface area contributed by atoms with Crippen LogP contribution in [0.3, 0.4) is 0 Å². The topological polar surface area (TPSA) is 88.2 Å². The van der Waals surface area contributed by atoms with Gasteiger partial charge in [0.25, 0.3) is 5.56 Å². The van der Waals surface area contributed by atoms with Crippen molar-refractivity contribution in [2.75, 3.05) is 14.2 Å². The first kappa shape index (κ1) is 21.5. The van der Waals surface area contributed by atoms with Crippen molar-refractivity contribution >= 4 is 17.5 Å². The van der Waals surface area contributed by atoms with E-state index in [9.17, 15) is 9.59 Å². The molecule has 30 heavy (non-hydrogen) atoms. The number of ether oxygens (including phenoxy) is 1. The Bertz CT molecular complexity index is 1100. The monoisotopic (exact) mass is 426 g/mol. The number of halogens is 1. The Kier molecular flexibility index (Phi) is 6.84. The maximum absolute atomic E-state index is 12.6. The zero-order valence-electron chi connectivity index (χ0n) is 17.1. The fourth-order valence-corrected chi connectivity index (χ4v) is 3.38. The molecule has 8 heteroatoms. The molecule has 0 radical (unpaired) electrons. The molecule has 0 aliphatic heterocycles. The lowest BCUT2D eigenvalue weighted by Gasteiger charge is -2.19. The van der Waals surface area contributed by atoms with Crippen LogP contribution in [0.15, 0.2) is 47.5 Å². The van der Waals surface area contributed by atoms with Gasteiger partial charge in [-0.25, -0.2) is 4.98 Å². The number of nitrogens with one attached hydrogen (secondary N) is 1. The first-order valence-corrected chi connectivity index (χ1v) is 9.83. The normalized spacial score (nSPS) is 10.7. The fourth-order valence-electron chi connectivity index (χ4n) is 3.19. The van der Waals surface area contributed by atoms with Gasteiger partial charge in [0.2, 0.25) is 5.91 Å². The highest BCUT2D eigenvalue weighted by atomic mass is 35.5. The molecule has 0 aliphatic carbocycles. The van der Waals surface area contributed by atoms with Crippen LogP contribution in [-0.2, 0) is 17.8 Å². The second-order valence-electron chi connectivity index (χ2n) is 6.92. The lowest BCUT2D eigenvalue weighted by Crippen LogP contribution is -2.28. The number of hydrogen-bond donors (Lipinski definition) is 1. The Morgan fingerprint density at radius 2 is 1.97 bits per heavy atom. The standard InChI is InChI=1S/C22H23ClN4O3/c1-14-18(22(29)26-21(25-14)15-8-10-24-11-9-15)5-7-20(28)27(2)13-16-12-17(23)4-6-19(16)30-3/h4,6,8-12H,5,7,13H2,1-3H3,(H,25,26,29). The van der Waals surface area contributed by atoms with Crippen LogP contribution in [0.25, 0.3) is 11.4 Å². The predicted molar refractivity (Wildman–Crippen MR) is 116 cm³/mol. The number of benzene rings is 1. The van der Waals surface area contributed by atoms with Crippen molar-refractivity contribution in [3.8, 4) is 17.1 Å². The van der Waals surface area contributed by atoms with Crippen LogP contribution < -0.4 is 10.3 Å². The van der Waals surface area contributed by atoms with Crippen LogP contribution in [0.5, 0.6) is 5.75 Å². The number of carbonyl (C=O) groups excluding carboxylic acids is 1. The Morgan fingerprint density at radius 1 is 1.23 bits per heavy atom. The van der Waals surface area contributed by atoms with Gasteiger partial charge >= 0.3 is 0 Å². The zero-order valence-corrected chi connectivity index (χ0v) is 17.9. The zero-order chi connectivity index (χ0) is 21.7. The number of rotatable bonds is 7. The molecule has 0 fully saturated rings. The minimum atomic E-state index is -0.235. The third-order valence-electron chi connectivity index (χ3n) is 4.84. The van der Waals surface area contributed by atoms with Gasteiger partial charge in [-0.3, -0.25) is 14.6 Å². The maximum Gasteiger partial charge on any atom is 0.254 e. The van der Waals surface area contributed by atoms with Crippen LogP contribution in [0.2, 0.25) is 5.02 Å². The number of amides is 1. The number of aromatic nitrogens is 3. The highest BCUT2D eigenvalue weighted by molar-refractivity contribution is 6.30. The molecular weight excluding hydrogens is 404 g/mol. The number of hydrogen-bond acceptors (Lipinski definition) is 5. The number of H-pyrrole nitrogens is 1. The largest absolute Gasteiger partial charge is 0.496 e. The molecule has 7 nitrogen and oxygen atoms in total. The van der Waals surface area contributed by atoms with Crippen molar-refractivity contribution in [3.63, 3.8) is 0 Å². The van der Waals surface area contributed by atoms with E-state index in [2.05, 4.69) is 15.0 Å². The minimum absolute atomic E-state index is 0.0889. The summed E-state index contributed by atoms with van der Waals surface area (Å²) in [5, 5.41) is 0.578. The summed E-state index contributed by atoms with van der Waals surface area (Å²) < 4.78 is 5.34. The molecule has 156 valence electrons. The van der Waals surface area contributed by atoms with Crippen molar-refractivity contribution in [2.24, 2.45) is 0 Å². The van der Waals surface area contributed by atoms with Gasteiger partial charge in [0.15, 0.2) is 0 Å². The SMILES string of the molecule is COc1ccc(Cl)cc1CN(C)C(=O)CCc1c(C)nc(-c2ccncc2)[nH]c1=O. The number of nitrogens with zero attached hydrogens (tertiary/aromatic N) is 3. The van der Waals surface area contributed by atoms with E-state index in [4.69, 9.17) is 16.3 Å². The van der Waals surface area contributed by atoms with Gasteiger partial charge in [-0.05, 0) is 43.7 Å². The molecule has 1 N–H and O–H groups in total. The molecule has 2 aromatic heterocycles. The van der Waals surface area contributed by atoms with Crippen molar-refractivity contribution in [1.29, 1.82) is 0 Å². The minimum Gasteiger partial charge on any atom is -0.496 e. The smallest absolute Gasteiger partial charge is 0.254 e. The molecule has 1 amide bonds. The molecule has 0 saturated heterocycles. The fraction of sp³-hybridized carbons (Fsp3) is 0.273. The van der Waals surface area contributed by atoms with Gasteiger partial charge in [0.1, 0.15) is 11.6 Å². The van der Waals surface area contributed by atoms with Crippen LogP contribution in [-0.4, -0.2) is 39.9 Å². The molecule has 0 bridgehead atoms. The Labute approximate surface area is 179 Å². The first-order valence-electron chi connectivity index (χ1n) is 9.45. The summed E-state index contributed by atoms with van der Waals surface area (Å²) in [7, 11) is 3.29. The van der Waals surface area contributed by atoms with E-state index < -0.39 is 0 Å². The first-order chi connectivity index (χ1) is 14.4. The van der Waals surface area contributed by atoms with Crippen LogP contribution >= 0.6 is 11.6 Å². The van der Waals surface area contributed by atoms with E-state index in [0.29, 0.717) is 40.8 Å². The van der Waals surface area contributed by atoms with E-state index >= 15 is 0 Å². The van der Waals surface area contributed by atoms with E-state index in [1.807, 2.05) is 0 Å². The summed E-state index contributed by atoms with van der Waals surface area (Å²) in [5.74, 6) is 1.07. The summed E-state index contributed by atoms with van der Waals surface area (Å²) in [6.45, 7) is 2.14. The summed E-state index contributed by atoms with van der Waals surface area (Å²) >= 11 is 6.06. The van der Waals surface area contributed by atoms with Gasteiger partial charge in [0, 0.05) is 59.8 Å². The van der Waals surface area contributed by atoms with E-state index in [1.54, 1.807) is 68.7 Å². The Balaban J connectivity index is 1.69. The molecule has 3 rings (SSSR count). The number of carbonyl (C=O) groups is 1. The van der Waals surface area contributed by atoms with Crippen LogP contribution in [0, 0.1) is 6.92 Å². The quantitative estimate of drug-likeness (QED) is 0.625. The highest BCUT2D eigenvalue weighted by Crippen LogP contribution is 2.24. The Hall–Kier alpha value is -3.19. The molecule has 0 saturated carbocycles. The lowest BCUT2D eigenvalue weighted by molar-refractivity contribution is -0.130. The maximum atomic E-state index is 12.6. The molecule has 0 unspecified atom stereocenters. The highest BCUT2D eigenvalue weighted by Gasteiger charge is 2.16. The van der Waals surface area contributed by atoms with Crippen molar-refractivity contribution < 1.29 is 9.53 Å². The summed E-state index contributed by atoms with van der Waals surface area (Å²) in [4.78, 5) is 38.0. The number of methoxy groups -OCH3 is 1. The number of aromatic amines is 1. The summed E-state index contributed by atoms with van der Waals surface area (Å²) in [5.41, 5.74) is 2.48. The average molecular weight is 427 g/mol. The van der Waals surface area contributed by atoms with Gasteiger partial charge in [-0.15, -0.1) is 0 Å². The Morgan fingerprint density at radius 3 is 2.63 bits per heavy atom. The molecule has 0 aliphatic rings. The third-order valence-corrected chi connectivity index (χ3v) is 5.08.